The van der Waals surface area contributed by atoms with Crippen molar-refractivity contribution in [1.29, 1.82) is 0 Å². The summed E-state index contributed by atoms with van der Waals surface area (Å²) < 4.78 is 0. The SMILES string of the molecule is CC(C)(C)C.CC(C)(C)C.CC(C)(C)C.CC(C)(C)C.[Zn+2].c1ccc2c(c1)-c1cc3[n-]c(cc4nc([nH+]c5[n-]c([nH+]c-2n1)c1ccccc51)-c1ccccc1-4)c1ccccc31. The van der Waals surface area contributed by atoms with Gasteiger partial charge in [-0.1, -0.05) is 189 Å². The van der Waals surface area contributed by atoms with E-state index < -0.39 is 0 Å². The van der Waals surface area contributed by atoms with Crippen LogP contribution in [0.3, 0.4) is 0 Å². The number of hydrogen-bond acceptors (Lipinski definition) is 2. The number of nitrogens with one attached hydrogen (secondary N) is 2. The molecule has 314 valence electrons. The second kappa shape index (κ2) is 19.4. The summed E-state index contributed by atoms with van der Waals surface area (Å²) in [5.74, 6) is 1.54. The van der Waals surface area contributed by atoms with Crippen molar-refractivity contribution < 1.29 is 29.4 Å². The van der Waals surface area contributed by atoms with E-state index in [2.05, 4.69) is 194 Å². The van der Waals surface area contributed by atoms with Crippen molar-refractivity contribution in [1.82, 2.24) is 19.9 Å². The summed E-state index contributed by atoms with van der Waals surface area (Å²) >= 11 is 0. The Hall–Kier alpha value is -5.00. The molecule has 0 amide bonds. The number of nitrogens with zero attached hydrogens (tertiary/aromatic N) is 4. The van der Waals surface area contributed by atoms with Gasteiger partial charge in [-0.05, 0) is 68.8 Å². The van der Waals surface area contributed by atoms with Crippen LogP contribution in [-0.2, 0) is 19.5 Å². The monoisotopic (exact) mass is 864 g/mol. The van der Waals surface area contributed by atoms with Gasteiger partial charge in [0.05, 0.1) is 22.2 Å². The third-order valence-electron chi connectivity index (χ3n) is 7.78. The largest absolute Gasteiger partial charge is 2.00 e. The summed E-state index contributed by atoms with van der Waals surface area (Å²) in [6, 6.07) is 37.3. The number of aromatic nitrogens is 6. The fourth-order valence-electron chi connectivity index (χ4n) is 5.92. The van der Waals surface area contributed by atoms with Crippen LogP contribution in [0.1, 0.15) is 111 Å². The Morgan fingerprint density at radius 1 is 0.361 bits per heavy atom. The molecule has 2 N–H and O–H groups in total. The van der Waals surface area contributed by atoms with E-state index in [-0.39, 0.29) is 19.5 Å². The standard InChI is InChI=1S/C34H18N6.4C5H12.Zn/c1-2-10-20-19(9-1)27-17-29-21-11-3-5-13-23(21)31(36-29)38-33-25-15-7-8-16-26(25)34(40-33)39-32-24-14-6-4-12-22(24)30(37-32)18-28(20)35-27;4*1-5(2,3)4;/h1-18H;4*1-4H3;/q-2;;;;;+2/p+2. The molecule has 0 spiro atoms. The molecule has 0 radical (unpaired) electrons. The van der Waals surface area contributed by atoms with E-state index in [1.54, 1.807) is 0 Å². The second-order valence-corrected chi connectivity index (χ2v) is 22.1. The molecule has 2 aliphatic rings. The molecule has 9 rings (SSSR count). The molecule has 7 aromatic rings. The third-order valence-corrected chi connectivity index (χ3v) is 7.78. The molecular formula is C54H68N6Zn+2. The topological polar surface area (TPSA) is 82.3 Å². The second-order valence-electron chi connectivity index (χ2n) is 22.1. The number of aromatic amines is 2. The van der Waals surface area contributed by atoms with Gasteiger partial charge in [-0.2, -0.15) is 0 Å². The Kier molecular flexibility index (Phi) is 15.5. The minimum atomic E-state index is 0. The van der Waals surface area contributed by atoms with Gasteiger partial charge < -0.3 is 4.98 Å². The van der Waals surface area contributed by atoms with Crippen LogP contribution in [-0.4, -0.2) is 9.97 Å². The van der Waals surface area contributed by atoms with Crippen LogP contribution in [0, 0.1) is 21.7 Å². The Morgan fingerprint density at radius 2 is 0.623 bits per heavy atom. The van der Waals surface area contributed by atoms with Crippen LogP contribution in [0.25, 0.3) is 89.2 Å². The molecule has 0 saturated carbocycles. The zero-order valence-electron chi connectivity index (χ0n) is 39.9. The van der Waals surface area contributed by atoms with Crippen molar-refractivity contribution >= 4 is 43.9 Å². The van der Waals surface area contributed by atoms with Crippen molar-refractivity contribution in [3.8, 4) is 45.3 Å². The molecule has 8 bridgehead atoms. The maximum Gasteiger partial charge on any atom is 2.00 e. The fourth-order valence-corrected chi connectivity index (χ4v) is 5.92. The van der Waals surface area contributed by atoms with E-state index >= 15 is 0 Å². The average Bonchev–Trinajstić information content (AvgIpc) is 3.85. The molecule has 3 aromatic heterocycles. The Balaban J connectivity index is 0.000000329. The minimum absolute atomic E-state index is 0. The normalized spacial score (nSPS) is 11.8. The number of fused-ring (bicyclic) bond motifs is 20. The van der Waals surface area contributed by atoms with Crippen LogP contribution in [0.15, 0.2) is 109 Å². The zero-order chi connectivity index (χ0) is 44.2. The van der Waals surface area contributed by atoms with Gasteiger partial charge in [0.2, 0.25) is 0 Å². The summed E-state index contributed by atoms with van der Waals surface area (Å²) in [6.45, 7) is 35.0. The van der Waals surface area contributed by atoms with E-state index in [4.69, 9.17) is 19.9 Å². The molecule has 2 aliphatic heterocycles. The van der Waals surface area contributed by atoms with Gasteiger partial charge >= 0.3 is 19.5 Å². The van der Waals surface area contributed by atoms with Gasteiger partial charge in [0, 0.05) is 22.3 Å². The van der Waals surface area contributed by atoms with Crippen molar-refractivity contribution in [2.75, 3.05) is 0 Å². The molecule has 0 saturated heterocycles. The van der Waals surface area contributed by atoms with Gasteiger partial charge in [0.25, 0.3) is 11.3 Å². The van der Waals surface area contributed by atoms with Gasteiger partial charge in [0.15, 0.2) is 11.6 Å². The molecule has 5 heterocycles. The first kappa shape index (κ1) is 48.7. The number of H-pyrrole nitrogens is 2. The van der Waals surface area contributed by atoms with Crippen LogP contribution in [0.4, 0.5) is 0 Å². The van der Waals surface area contributed by atoms with Gasteiger partial charge in [-0.3, -0.25) is 9.97 Å². The first-order valence-electron chi connectivity index (χ1n) is 21.3. The molecule has 7 heteroatoms. The number of hydrogen-bond donors (Lipinski definition) is 0. The van der Waals surface area contributed by atoms with E-state index in [1.165, 1.54) is 0 Å². The van der Waals surface area contributed by atoms with E-state index in [1.807, 2.05) is 36.4 Å². The van der Waals surface area contributed by atoms with Crippen molar-refractivity contribution in [3.05, 3.63) is 109 Å². The maximum absolute atomic E-state index is 5.11. The van der Waals surface area contributed by atoms with Gasteiger partial charge in [0.1, 0.15) is 0 Å². The van der Waals surface area contributed by atoms with Gasteiger partial charge in [-0.15, -0.1) is 11.0 Å². The molecule has 0 atom stereocenters. The quantitative estimate of drug-likeness (QED) is 0.142. The van der Waals surface area contributed by atoms with E-state index in [0.29, 0.717) is 21.7 Å². The molecule has 0 aliphatic carbocycles. The first-order chi connectivity index (χ1) is 27.8. The molecule has 0 unspecified atom stereocenters. The van der Waals surface area contributed by atoms with Gasteiger partial charge in [-0.25, -0.2) is 9.97 Å². The van der Waals surface area contributed by atoms with Crippen molar-refractivity contribution in [3.63, 3.8) is 0 Å². The Morgan fingerprint density at radius 3 is 0.934 bits per heavy atom. The average molecular weight is 867 g/mol. The van der Waals surface area contributed by atoms with E-state index in [0.717, 1.165) is 89.2 Å². The molecule has 0 fully saturated rings. The van der Waals surface area contributed by atoms with Crippen LogP contribution < -0.4 is 19.9 Å². The minimum Gasteiger partial charge on any atom is -0.657 e. The predicted molar refractivity (Wildman–Crippen MR) is 256 cm³/mol. The molecule has 4 aromatic carbocycles. The molecule has 6 nitrogen and oxygen atoms in total. The smallest absolute Gasteiger partial charge is 0.657 e. The summed E-state index contributed by atoms with van der Waals surface area (Å²) in [7, 11) is 0. The fraction of sp³-hybridized carbons (Fsp3) is 0.370. The predicted octanol–water partition coefficient (Wildman–Crippen LogP) is 14.4. The third kappa shape index (κ3) is 14.6. The summed E-state index contributed by atoms with van der Waals surface area (Å²) in [4.78, 5) is 27.4. The Labute approximate surface area is 378 Å². The summed E-state index contributed by atoms with van der Waals surface area (Å²) in [6.07, 6.45) is 0. The summed E-state index contributed by atoms with van der Waals surface area (Å²) in [5.41, 5.74) is 11.2. The van der Waals surface area contributed by atoms with Crippen LogP contribution in [0.5, 0.6) is 0 Å². The number of rotatable bonds is 0. The van der Waals surface area contributed by atoms with E-state index in [9.17, 15) is 0 Å². The van der Waals surface area contributed by atoms with Crippen LogP contribution in [0.2, 0.25) is 0 Å². The Bertz CT molecular complexity index is 2350. The maximum atomic E-state index is 5.11. The van der Waals surface area contributed by atoms with Crippen molar-refractivity contribution in [2.45, 2.75) is 111 Å². The molecular weight excluding hydrogens is 798 g/mol. The molecule has 61 heavy (non-hydrogen) atoms. The number of benzene rings is 4. The zero-order valence-corrected chi connectivity index (χ0v) is 42.9. The first-order valence-corrected chi connectivity index (χ1v) is 21.3. The van der Waals surface area contributed by atoms with Crippen molar-refractivity contribution in [2.24, 2.45) is 21.7 Å². The van der Waals surface area contributed by atoms with Crippen LogP contribution >= 0.6 is 0 Å². The summed E-state index contributed by atoms with van der Waals surface area (Å²) in [5, 5.41) is 4.20.